The summed E-state index contributed by atoms with van der Waals surface area (Å²) in [6.45, 7) is 3.29. The van der Waals surface area contributed by atoms with Crippen LogP contribution in [0.15, 0.2) is 18.2 Å². The summed E-state index contributed by atoms with van der Waals surface area (Å²) in [4.78, 5) is 11.1. The molecular weight excluding hydrogens is 242 g/mol. The Morgan fingerprint density at radius 2 is 2.24 bits per heavy atom. The second-order valence-corrected chi connectivity index (χ2v) is 4.38. The number of benzene rings is 1. The molecule has 94 valence electrons. The molecule has 0 saturated carbocycles. The number of nitrogens with two attached hydrogens (primary N) is 1. The average molecular weight is 258 g/mol. The van der Waals surface area contributed by atoms with E-state index in [9.17, 15) is 4.79 Å². The number of carboxylic acid groups (broad SMARTS) is 1. The van der Waals surface area contributed by atoms with Crippen molar-refractivity contribution in [3.63, 3.8) is 0 Å². The first-order valence-electron chi connectivity index (χ1n) is 5.34. The third kappa shape index (κ3) is 3.11. The Kier molecular flexibility index (Phi) is 4.37. The summed E-state index contributed by atoms with van der Waals surface area (Å²) in [5.41, 5.74) is 4.89. The highest BCUT2D eigenvalue weighted by atomic mass is 35.5. The molecule has 0 amide bonds. The summed E-state index contributed by atoms with van der Waals surface area (Å²) >= 11 is 5.87. The van der Waals surface area contributed by atoms with Gasteiger partial charge in [0.1, 0.15) is 5.75 Å². The Morgan fingerprint density at radius 3 is 2.71 bits per heavy atom. The molecule has 0 bridgehead atoms. The van der Waals surface area contributed by atoms with Crippen molar-refractivity contribution in [2.45, 2.75) is 25.9 Å². The first-order valence-corrected chi connectivity index (χ1v) is 5.71. The van der Waals surface area contributed by atoms with Crippen LogP contribution in [-0.4, -0.2) is 23.2 Å². The normalized spacial score (nSPS) is 14.1. The van der Waals surface area contributed by atoms with E-state index < -0.39 is 11.6 Å². The Bertz CT molecular complexity index is 422. The van der Waals surface area contributed by atoms with E-state index in [-0.39, 0.29) is 6.54 Å². The Balaban J connectivity index is 3.05. The van der Waals surface area contributed by atoms with Crippen molar-refractivity contribution in [2.24, 2.45) is 5.73 Å². The van der Waals surface area contributed by atoms with Gasteiger partial charge in [-0.15, -0.1) is 0 Å². The largest absolute Gasteiger partial charge is 0.478 e. The molecule has 1 atom stereocenters. The SMILES string of the molecule is CCc1cc(Cl)ccc1OC(C)(CN)C(=O)O. The first-order chi connectivity index (χ1) is 7.92. The number of halogens is 1. The molecule has 0 spiro atoms. The van der Waals surface area contributed by atoms with Crippen molar-refractivity contribution >= 4 is 17.6 Å². The number of carboxylic acids is 1. The average Bonchev–Trinajstić information content (AvgIpc) is 2.30. The minimum absolute atomic E-state index is 0.103. The lowest BCUT2D eigenvalue weighted by Crippen LogP contribution is -2.48. The van der Waals surface area contributed by atoms with Crippen LogP contribution in [0.4, 0.5) is 0 Å². The van der Waals surface area contributed by atoms with Crippen molar-refractivity contribution < 1.29 is 14.6 Å². The standard InChI is InChI=1S/C12H16ClNO3/c1-3-8-6-9(13)4-5-10(8)17-12(2,7-14)11(15)16/h4-6H,3,7,14H2,1-2H3,(H,15,16). The van der Waals surface area contributed by atoms with Crippen LogP contribution in [-0.2, 0) is 11.2 Å². The smallest absolute Gasteiger partial charge is 0.349 e. The molecule has 17 heavy (non-hydrogen) atoms. The zero-order valence-electron chi connectivity index (χ0n) is 9.87. The van der Waals surface area contributed by atoms with Gasteiger partial charge >= 0.3 is 5.97 Å². The number of ether oxygens (including phenoxy) is 1. The van der Waals surface area contributed by atoms with Gasteiger partial charge in [0.15, 0.2) is 0 Å². The highest BCUT2D eigenvalue weighted by Crippen LogP contribution is 2.26. The van der Waals surface area contributed by atoms with E-state index in [1.165, 1.54) is 6.92 Å². The molecular formula is C12H16ClNO3. The molecule has 3 N–H and O–H groups in total. The van der Waals surface area contributed by atoms with Gasteiger partial charge in [0.05, 0.1) is 0 Å². The van der Waals surface area contributed by atoms with Crippen LogP contribution >= 0.6 is 11.6 Å². The second-order valence-electron chi connectivity index (χ2n) is 3.95. The van der Waals surface area contributed by atoms with E-state index in [1.807, 2.05) is 6.92 Å². The second kappa shape index (κ2) is 5.38. The van der Waals surface area contributed by atoms with Gasteiger partial charge in [-0.25, -0.2) is 4.79 Å². The van der Waals surface area contributed by atoms with E-state index in [4.69, 9.17) is 27.2 Å². The summed E-state index contributed by atoms with van der Waals surface area (Å²) in [5.74, 6) is -0.579. The number of hydrogen-bond donors (Lipinski definition) is 2. The van der Waals surface area contributed by atoms with Gasteiger partial charge in [0.25, 0.3) is 0 Å². The van der Waals surface area contributed by atoms with Gasteiger partial charge in [-0.3, -0.25) is 0 Å². The molecule has 0 fully saturated rings. The van der Waals surface area contributed by atoms with Gasteiger partial charge in [-0.05, 0) is 37.1 Å². The third-order valence-electron chi connectivity index (χ3n) is 2.58. The van der Waals surface area contributed by atoms with Gasteiger partial charge in [0, 0.05) is 11.6 Å². The summed E-state index contributed by atoms with van der Waals surface area (Å²) in [7, 11) is 0. The van der Waals surface area contributed by atoms with Crippen LogP contribution in [0.25, 0.3) is 0 Å². The topological polar surface area (TPSA) is 72.5 Å². The van der Waals surface area contributed by atoms with Crippen molar-refractivity contribution in [1.82, 2.24) is 0 Å². The highest BCUT2D eigenvalue weighted by Gasteiger charge is 2.34. The lowest BCUT2D eigenvalue weighted by Gasteiger charge is -2.25. The Labute approximate surface area is 105 Å². The minimum atomic E-state index is -1.42. The van der Waals surface area contributed by atoms with Crippen molar-refractivity contribution in [3.05, 3.63) is 28.8 Å². The third-order valence-corrected chi connectivity index (χ3v) is 2.82. The lowest BCUT2D eigenvalue weighted by molar-refractivity contribution is -0.152. The highest BCUT2D eigenvalue weighted by molar-refractivity contribution is 6.30. The zero-order chi connectivity index (χ0) is 13.1. The van der Waals surface area contributed by atoms with E-state index in [0.29, 0.717) is 17.2 Å². The van der Waals surface area contributed by atoms with Crippen LogP contribution in [0.5, 0.6) is 5.75 Å². The van der Waals surface area contributed by atoms with E-state index in [0.717, 1.165) is 5.56 Å². The van der Waals surface area contributed by atoms with Crippen LogP contribution in [0.3, 0.4) is 0 Å². The number of aryl methyl sites for hydroxylation is 1. The molecule has 0 aliphatic rings. The molecule has 0 aliphatic heterocycles. The molecule has 1 unspecified atom stereocenters. The molecule has 0 saturated heterocycles. The fourth-order valence-electron chi connectivity index (χ4n) is 1.34. The molecule has 0 aliphatic carbocycles. The predicted octanol–water partition coefficient (Wildman–Crippen LogP) is 2.08. The minimum Gasteiger partial charge on any atom is -0.478 e. The summed E-state index contributed by atoms with van der Waals surface area (Å²) in [5, 5.41) is 9.68. The molecule has 1 aromatic carbocycles. The maximum atomic E-state index is 11.1. The monoisotopic (exact) mass is 257 g/mol. The van der Waals surface area contributed by atoms with Gasteiger partial charge < -0.3 is 15.6 Å². The van der Waals surface area contributed by atoms with Gasteiger partial charge in [-0.1, -0.05) is 18.5 Å². The zero-order valence-corrected chi connectivity index (χ0v) is 10.6. The summed E-state index contributed by atoms with van der Waals surface area (Å²) in [6, 6.07) is 5.09. The fourth-order valence-corrected chi connectivity index (χ4v) is 1.53. The lowest BCUT2D eigenvalue weighted by atomic mass is 10.1. The van der Waals surface area contributed by atoms with E-state index in [2.05, 4.69) is 0 Å². The number of aliphatic carboxylic acids is 1. The molecule has 0 heterocycles. The number of hydrogen-bond acceptors (Lipinski definition) is 3. The van der Waals surface area contributed by atoms with Crippen LogP contribution in [0, 0.1) is 0 Å². The summed E-state index contributed by atoms with van der Waals surface area (Å²) < 4.78 is 5.51. The van der Waals surface area contributed by atoms with Crippen LogP contribution in [0.2, 0.25) is 5.02 Å². The number of carbonyl (C=O) groups is 1. The maximum absolute atomic E-state index is 11.1. The van der Waals surface area contributed by atoms with Crippen molar-refractivity contribution in [3.8, 4) is 5.75 Å². The maximum Gasteiger partial charge on any atom is 0.349 e. The predicted molar refractivity (Wildman–Crippen MR) is 66.6 cm³/mol. The molecule has 0 aromatic heterocycles. The van der Waals surface area contributed by atoms with Crippen LogP contribution in [0.1, 0.15) is 19.4 Å². The number of rotatable bonds is 5. The van der Waals surface area contributed by atoms with Crippen LogP contribution < -0.4 is 10.5 Å². The van der Waals surface area contributed by atoms with Crippen molar-refractivity contribution in [2.75, 3.05) is 6.54 Å². The van der Waals surface area contributed by atoms with Gasteiger partial charge in [-0.2, -0.15) is 0 Å². The van der Waals surface area contributed by atoms with E-state index in [1.54, 1.807) is 18.2 Å². The van der Waals surface area contributed by atoms with E-state index >= 15 is 0 Å². The Hall–Kier alpha value is -1.26. The fraction of sp³-hybridized carbons (Fsp3) is 0.417. The Morgan fingerprint density at radius 1 is 1.59 bits per heavy atom. The molecule has 4 nitrogen and oxygen atoms in total. The molecule has 1 rings (SSSR count). The van der Waals surface area contributed by atoms with Gasteiger partial charge in [0.2, 0.25) is 5.60 Å². The summed E-state index contributed by atoms with van der Waals surface area (Å²) in [6.07, 6.45) is 0.705. The quantitative estimate of drug-likeness (QED) is 0.847. The molecule has 5 heteroatoms. The van der Waals surface area contributed by atoms with Crippen molar-refractivity contribution in [1.29, 1.82) is 0 Å². The first kappa shape index (κ1) is 13.8. The molecule has 1 aromatic rings. The molecule has 0 radical (unpaired) electrons.